The van der Waals surface area contributed by atoms with Crippen LogP contribution in [0.3, 0.4) is 0 Å². The zero-order chi connectivity index (χ0) is 24.4. The number of hydrogen-bond acceptors (Lipinski definition) is 4. The Bertz CT molecular complexity index is 1360. The van der Waals surface area contributed by atoms with Crippen LogP contribution in [0.1, 0.15) is 43.6 Å². The Labute approximate surface area is 203 Å². The van der Waals surface area contributed by atoms with Gasteiger partial charge in [0, 0.05) is 31.4 Å². The van der Waals surface area contributed by atoms with Gasteiger partial charge in [0.15, 0.2) is 5.69 Å². The van der Waals surface area contributed by atoms with Gasteiger partial charge in [-0.25, -0.2) is 4.98 Å². The number of aromatic amines is 1. The van der Waals surface area contributed by atoms with E-state index < -0.39 is 0 Å². The Hall–Kier alpha value is -4.33. The number of nitrogens with one attached hydrogen (secondary N) is 2. The minimum Gasteiger partial charge on any atom is -0.497 e. The monoisotopic (exact) mass is 469 g/mol. The lowest BCUT2D eigenvalue weighted by Crippen LogP contribution is -2.39. The number of nitrogens with zero attached hydrogens (tertiary/aromatic N) is 3. The van der Waals surface area contributed by atoms with Crippen LogP contribution in [-0.2, 0) is 19.5 Å². The average molecular weight is 470 g/mol. The molecule has 8 heteroatoms. The maximum Gasteiger partial charge on any atom is 0.276 e. The van der Waals surface area contributed by atoms with Crippen molar-refractivity contribution in [3.8, 4) is 5.75 Å². The van der Waals surface area contributed by atoms with Crippen molar-refractivity contribution in [2.75, 3.05) is 19.0 Å². The summed E-state index contributed by atoms with van der Waals surface area (Å²) in [5, 5.41) is 2.96. The minimum absolute atomic E-state index is 0.0957. The number of aromatic nitrogens is 3. The van der Waals surface area contributed by atoms with Crippen molar-refractivity contribution >= 4 is 17.5 Å². The molecule has 35 heavy (non-hydrogen) atoms. The summed E-state index contributed by atoms with van der Waals surface area (Å²) < 4.78 is 7.43. The second kappa shape index (κ2) is 9.50. The number of anilines is 1. The SMILES string of the molecule is COc1cccc(Cc2nc(C(=O)Nc3ccc(C)cc3)c3n2CCN(C(=O)c2ccc[nH]2)C3)c1. The first-order valence-electron chi connectivity index (χ1n) is 11.5. The van der Waals surface area contributed by atoms with E-state index in [4.69, 9.17) is 9.72 Å². The lowest BCUT2D eigenvalue weighted by molar-refractivity contribution is 0.0702. The van der Waals surface area contributed by atoms with Gasteiger partial charge in [-0.15, -0.1) is 0 Å². The first kappa shape index (κ1) is 22.5. The Kier molecular flexibility index (Phi) is 6.10. The second-order valence-electron chi connectivity index (χ2n) is 8.63. The molecule has 178 valence electrons. The normalized spacial score (nSPS) is 12.8. The van der Waals surface area contributed by atoms with Gasteiger partial charge >= 0.3 is 0 Å². The first-order valence-corrected chi connectivity index (χ1v) is 11.5. The van der Waals surface area contributed by atoms with Crippen molar-refractivity contribution in [3.63, 3.8) is 0 Å². The van der Waals surface area contributed by atoms with E-state index in [2.05, 4.69) is 14.9 Å². The topological polar surface area (TPSA) is 92.2 Å². The second-order valence-corrected chi connectivity index (χ2v) is 8.63. The van der Waals surface area contributed by atoms with Crippen LogP contribution in [-0.4, -0.2) is 44.9 Å². The lowest BCUT2D eigenvalue weighted by Gasteiger charge is -2.29. The molecule has 2 aromatic heterocycles. The molecular formula is C27H27N5O3. The van der Waals surface area contributed by atoms with Crippen LogP contribution >= 0.6 is 0 Å². The van der Waals surface area contributed by atoms with Crippen molar-refractivity contribution < 1.29 is 14.3 Å². The third-order valence-corrected chi connectivity index (χ3v) is 6.22. The largest absolute Gasteiger partial charge is 0.497 e. The standard InChI is InChI=1S/C27H27N5O3/c1-18-8-10-20(11-9-18)29-26(33)25-23-17-31(27(34)22-7-4-12-28-22)13-14-32(23)24(30-25)16-19-5-3-6-21(15-19)35-2/h3-12,15,28H,13-14,16-17H2,1-2H3,(H,29,33). The molecule has 0 spiro atoms. The van der Waals surface area contributed by atoms with E-state index in [1.165, 1.54) is 0 Å². The van der Waals surface area contributed by atoms with Crippen LogP contribution in [0.15, 0.2) is 66.9 Å². The van der Waals surface area contributed by atoms with Gasteiger partial charge in [-0.05, 0) is 48.9 Å². The van der Waals surface area contributed by atoms with Gasteiger partial charge in [-0.2, -0.15) is 0 Å². The van der Waals surface area contributed by atoms with Crippen LogP contribution in [0.4, 0.5) is 5.69 Å². The van der Waals surface area contributed by atoms with Gasteiger partial charge in [0.25, 0.3) is 11.8 Å². The van der Waals surface area contributed by atoms with E-state index >= 15 is 0 Å². The number of imidazole rings is 1. The number of carbonyl (C=O) groups excluding carboxylic acids is 2. The van der Waals surface area contributed by atoms with Crippen molar-refractivity contribution in [2.24, 2.45) is 0 Å². The molecule has 1 aliphatic rings. The number of hydrogen-bond donors (Lipinski definition) is 2. The number of amides is 2. The molecule has 2 N–H and O–H groups in total. The Morgan fingerprint density at radius 2 is 1.91 bits per heavy atom. The molecule has 5 rings (SSSR count). The fraction of sp³-hybridized carbons (Fsp3) is 0.222. The highest BCUT2D eigenvalue weighted by molar-refractivity contribution is 6.04. The van der Waals surface area contributed by atoms with E-state index in [1.54, 1.807) is 30.3 Å². The first-order chi connectivity index (χ1) is 17.0. The Morgan fingerprint density at radius 3 is 2.66 bits per heavy atom. The van der Waals surface area contributed by atoms with E-state index in [1.807, 2.05) is 55.5 Å². The molecule has 4 aromatic rings. The molecule has 0 atom stereocenters. The molecule has 0 radical (unpaired) electrons. The highest BCUT2D eigenvalue weighted by Crippen LogP contribution is 2.24. The molecule has 8 nitrogen and oxygen atoms in total. The highest BCUT2D eigenvalue weighted by atomic mass is 16.5. The Balaban J connectivity index is 1.48. The highest BCUT2D eigenvalue weighted by Gasteiger charge is 2.30. The summed E-state index contributed by atoms with van der Waals surface area (Å²) in [6, 6.07) is 19.0. The van der Waals surface area contributed by atoms with Crippen molar-refractivity contribution in [2.45, 2.75) is 26.4 Å². The molecule has 0 saturated heterocycles. The molecule has 3 heterocycles. The number of H-pyrrole nitrogens is 1. The van der Waals surface area contributed by atoms with Crippen LogP contribution in [0.25, 0.3) is 0 Å². The fourth-order valence-electron chi connectivity index (χ4n) is 4.36. The van der Waals surface area contributed by atoms with Gasteiger partial charge in [0.2, 0.25) is 0 Å². The number of ether oxygens (including phenoxy) is 1. The molecule has 0 fully saturated rings. The van der Waals surface area contributed by atoms with Gasteiger partial charge in [0.05, 0.1) is 19.3 Å². The number of aryl methyl sites for hydroxylation is 1. The van der Waals surface area contributed by atoms with Gasteiger partial charge in [-0.3, -0.25) is 9.59 Å². The lowest BCUT2D eigenvalue weighted by atomic mass is 10.1. The molecule has 2 aromatic carbocycles. The summed E-state index contributed by atoms with van der Waals surface area (Å²) in [4.78, 5) is 35.8. The number of carbonyl (C=O) groups is 2. The van der Waals surface area contributed by atoms with Gasteiger partial charge in [0.1, 0.15) is 17.3 Å². The summed E-state index contributed by atoms with van der Waals surface area (Å²) in [5.41, 5.74) is 4.45. The molecule has 0 bridgehead atoms. The Morgan fingerprint density at radius 1 is 1.09 bits per heavy atom. The summed E-state index contributed by atoms with van der Waals surface area (Å²) >= 11 is 0. The molecule has 0 saturated carbocycles. The van der Waals surface area contributed by atoms with Crippen molar-refractivity contribution in [3.05, 3.63) is 101 Å². The third-order valence-electron chi connectivity index (χ3n) is 6.22. The van der Waals surface area contributed by atoms with Gasteiger partial charge < -0.3 is 24.5 Å². The molecule has 0 unspecified atom stereocenters. The summed E-state index contributed by atoms with van der Waals surface area (Å²) in [7, 11) is 1.64. The number of benzene rings is 2. The predicted molar refractivity (Wildman–Crippen MR) is 133 cm³/mol. The van der Waals surface area contributed by atoms with Crippen LogP contribution < -0.4 is 10.1 Å². The molecule has 2 amide bonds. The van der Waals surface area contributed by atoms with Crippen molar-refractivity contribution in [1.29, 1.82) is 0 Å². The maximum atomic E-state index is 13.3. The van der Waals surface area contributed by atoms with Gasteiger partial charge in [-0.1, -0.05) is 29.8 Å². The predicted octanol–water partition coefficient (Wildman–Crippen LogP) is 4.03. The number of rotatable bonds is 6. The van der Waals surface area contributed by atoms with E-state index in [0.717, 1.165) is 28.4 Å². The number of fused-ring (bicyclic) bond motifs is 1. The zero-order valence-corrected chi connectivity index (χ0v) is 19.7. The fourth-order valence-corrected chi connectivity index (χ4v) is 4.36. The summed E-state index contributed by atoms with van der Waals surface area (Å²) in [6.45, 7) is 3.40. The maximum absolute atomic E-state index is 13.3. The zero-order valence-electron chi connectivity index (χ0n) is 19.7. The summed E-state index contributed by atoms with van der Waals surface area (Å²) in [6.07, 6.45) is 2.28. The van der Waals surface area contributed by atoms with Crippen molar-refractivity contribution in [1.82, 2.24) is 19.4 Å². The third kappa shape index (κ3) is 4.68. The molecule has 0 aliphatic carbocycles. The average Bonchev–Trinajstić information content (AvgIpc) is 3.54. The van der Waals surface area contributed by atoms with E-state index in [-0.39, 0.29) is 11.8 Å². The molecular weight excluding hydrogens is 442 g/mol. The summed E-state index contributed by atoms with van der Waals surface area (Å²) in [5.74, 6) is 1.17. The van der Waals surface area contributed by atoms with Crippen LogP contribution in [0.5, 0.6) is 5.75 Å². The quantitative estimate of drug-likeness (QED) is 0.446. The van der Waals surface area contributed by atoms with Crippen LogP contribution in [0, 0.1) is 6.92 Å². The molecule has 1 aliphatic heterocycles. The van der Waals surface area contributed by atoms with Crippen LogP contribution in [0.2, 0.25) is 0 Å². The number of methoxy groups -OCH3 is 1. The van der Waals surface area contributed by atoms with E-state index in [9.17, 15) is 9.59 Å². The van der Waals surface area contributed by atoms with E-state index in [0.29, 0.717) is 43.1 Å². The minimum atomic E-state index is -0.288. The smallest absolute Gasteiger partial charge is 0.276 e.